The van der Waals surface area contributed by atoms with Gasteiger partial charge in [0.25, 0.3) is 5.91 Å². The van der Waals surface area contributed by atoms with Gasteiger partial charge in [0, 0.05) is 21.3 Å². The lowest BCUT2D eigenvalue weighted by atomic mass is 10.1. The molecule has 0 saturated carbocycles. The lowest BCUT2D eigenvalue weighted by Gasteiger charge is -2.11. The highest BCUT2D eigenvalue weighted by molar-refractivity contribution is 9.10. The van der Waals surface area contributed by atoms with E-state index in [0.717, 1.165) is 26.9 Å². The fraction of sp³-hybridized carbons (Fsp3) is 0.120. The van der Waals surface area contributed by atoms with Crippen molar-refractivity contribution in [2.45, 2.75) is 19.0 Å². The van der Waals surface area contributed by atoms with E-state index in [0.29, 0.717) is 16.5 Å². The average Bonchev–Trinajstić information content (AvgIpc) is 3.25. The van der Waals surface area contributed by atoms with Gasteiger partial charge in [0.1, 0.15) is 5.75 Å². The van der Waals surface area contributed by atoms with E-state index in [2.05, 4.69) is 36.7 Å². The van der Waals surface area contributed by atoms with E-state index in [-0.39, 0.29) is 17.4 Å². The summed E-state index contributed by atoms with van der Waals surface area (Å²) in [5, 5.41) is 23.2. The van der Waals surface area contributed by atoms with Crippen molar-refractivity contribution in [3.05, 3.63) is 87.9 Å². The number of nitrogens with one attached hydrogen (secondary N) is 1. The summed E-state index contributed by atoms with van der Waals surface area (Å²) in [4.78, 5) is 12.4. The minimum atomic E-state index is -0.300. The Hall–Kier alpha value is -3.43. The molecule has 0 unspecified atom stereocenters. The molecule has 1 amide bonds. The highest BCUT2D eigenvalue weighted by Crippen LogP contribution is 2.28. The number of halogens is 1. The van der Waals surface area contributed by atoms with Crippen LogP contribution >= 0.6 is 27.7 Å². The number of rotatable bonds is 7. The van der Waals surface area contributed by atoms with Gasteiger partial charge < -0.3 is 5.11 Å². The Balaban J connectivity index is 1.51. The second-order valence-corrected chi connectivity index (χ2v) is 9.49. The summed E-state index contributed by atoms with van der Waals surface area (Å²) < 4.78 is 2.75. The van der Waals surface area contributed by atoms with Gasteiger partial charge in [-0.25, -0.2) is 5.43 Å². The van der Waals surface area contributed by atoms with Crippen molar-refractivity contribution in [2.75, 3.05) is 5.75 Å². The van der Waals surface area contributed by atoms with Gasteiger partial charge in [-0.15, -0.1) is 10.2 Å². The molecule has 0 atom stereocenters. The van der Waals surface area contributed by atoms with Gasteiger partial charge in [0.05, 0.1) is 12.0 Å². The van der Waals surface area contributed by atoms with Crippen molar-refractivity contribution in [2.24, 2.45) is 5.10 Å². The Labute approximate surface area is 210 Å². The molecule has 34 heavy (non-hydrogen) atoms. The predicted molar refractivity (Wildman–Crippen MR) is 139 cm³/mol. The third kappa shape index (κ3) is 5.73. The monoisotopic (exact) mass is 535 g/mol. The van der Waals surface area contributed by atoms with Crippen LogP contribution in [0.2, 0.25) is 0 Å². The number of phenolic OH excluding ortho intramolecular Hbond substituents is 1. The molecular formula is C25H22BrN5O2S. The molecule has 0 spiro atoms. The number of hydrogen-bond donors (Lipinski definition) is 2. The first-order chi connectivity index (χ1) is 16.4. The number of thioether (sulfide) groups is 1. The first-order valence-electron chi connectivity index (χ1n) is 10.4. The van der Waals surface area contributed by atoms with E-state index in [4.69, 9.17) is 0 Å². The molecule has 4 aromatic rings. The molecule has 0 saturated heterocycles. The number of aryl methyl sites for hydroxylation is 2. The van der Waals surface area contributed by atoms with Crippen LogP contribution in [0.25, 0.3) is 17.1 Å². The summed E-state index contributed by atoms with van der Waals surface area (Å²) in [7, 11) is 0. The molecular weight excluding hydrogens is 514 g/mol. The van der Waals surface area contributed by atoms with E-state index in [1.807, 2.05) is 66.9 Å². The van der Waals surface area contributed by atoms with Gasteiger partial charge in [-0.3, -0.25) is 9.36 Å². The molecule has 9 heteroatoms. The molecule has 2 N–H and O–H groups in total. The lowest BCUT2D eigenvalue weighted by molar-refractivity contribution is -0.118. The third-order valence-electron chi connectivity index (χ3n) is 4.95. The van der Waals surface area contributed by atoms with Crippen LogP contribution in [-0.4, -0.2) is 37.7 Å². The second kappa shape index (κ2) is 10.7. The maximum atomic E-state index is 12.4. The Morgan fingerprint density at radius 3 is 2.44 bits per heavy atom. The first-order valence-corrected chi connectivity index (χ1v) is 12.2. The molecule has 1 aromatic heterocycles. The fourth-order valence-electron chi connectivity index (χ4n) is 3.14. The topological polar surface area (TPSA) is 92.4 Å². The first kappa shape index (κ1) is 23.7. The maximum Gasteiger partial charge on any atom is 0.250 e. The van der Waals surface area contributed by atoms with E-state index in [1.165, 1.54) is 18.0 Å². The number of hydrazone groups is 1. The van der Waals surface area contributed by atoms with Crippen LogP contribution in [0.1, 0.15) is 16.7 Å². The van der Waals surface area contributed by atoms with Crippen molar-refractivity contribution < 1.29 is 9.90 Å². The largest absolute Gasteiger partial charge is 0.507 e. The zero-order chi connectivity index (χ0) is 24.1. The molecule has 0 radical (unpaired) electrons. The number of aromatic nitrogens is 3. The number of carbonyl (C=O) groups is 1. The highest BCUT2D eigenvalue weighted by atomic mass is 79.9. The summed E-state index contributed by atoms with van der Waals surface area (Å²) in [6, 6.07) is 21.1. The quantitative estimate of drug-likeness (QED) is 0.191. The predicted octanol–water partition coefficient (Wildman–Crippen LogP) is 5.26. The van der Waals surface area contributed by atoms with Gasteiger partial charge in [0.2, 0.25) is 0 Å². The number of amides is 1. The molecule has 0 aliphatic carbocycles. The van der Waals surface area contributed by atoms with Crippen LogP contribution in [0, 0.1) is 13.8 Å². The standard InChI is InChI=1S/C25H22BrN5O2S/c1-16-3-7-18(8-4-16)24-29-30-25(31(24)21-10-5-17(2)6-11-21)34-15-23(33)28-27-14-19-13-20(26)9-12-22(19)32/h3-14,32H,15H2,1-2H3,(H,28,33). The number of hydrogen-bond acceptors (Lipinski definition) is 6. The summed E-state index contributed by atoms with van der Waals surface area (Å²) in [6.45, 7) is 4.07. The number of carbonyl (C=O) groups excluding carboxylic acids is 1. The Morgan fingerprint density at radius 1 is 1.06 bits per heavy atom. The molecule has 0 aliphatic rings. The van der Waals surface area contributed by atoms with Crippen LogP contribution in [0.5, 0.6) is 5.75 Å². The van der Waals surface area contributed by atoms with Crippen molar-refractivity contribution in [1.29, 1.82) is 0 Å². The Morgan fingerprint density at radius 2 is 1.74 bits per heavy atom. The minimum Gasteiger partial charge on any atom is -0.507 e. The molecule has 1 heterocycles. The van der Waals surface area contributed by atoms with E-state index in [9.17, 15) is 9.90 Å². The van der Waals surface area contributed by atoms with Crippen LogP contribution in [0.15, 0.2) is 81.5 Å². The van der Waals surface area contributed by atoms with Crippen LogP contribution < -0.4 is 5.43 Å². The van der Waals surface area contributed by atoms with Gasteiger partial charge in [-0.2, -0.15) is 5.10 Å². The Kier molecular flexibility index (Phi) is 7.44. The summed E-state index contributed by atoms with van der Waals surface area (Å²) in [6.07, 6.45) is 1.40. The van der Waals surface area contributed by atoms with E-state index >= 15 is 0 Å². The molecule has 0 fully saturated rings. The van der Waals surface area contributed by atoms with Crippen molar-refractivity contribution in [1.82, 2.24) is 20.2 Å². The number of nitrogens with zero attached hydrogens (tertiary/aromatic N) is 4. The van der Waals surface area contributed by atoms with Crippen LogP contribution in [0.3, 0.4) is 0 Å². The van der Waals surface area contributed by atoms with Gasteiger partial charge in [-0.05, 0) is 44.2 Å². The molecule has 4 rings (SSSR count). The summed E-state index contributed by atoms with van der Waals surface area (Å²) >= 11 is 4.61. The number of phenols is 1. The summed E-state index contributed by atoms with van der Waals surface area (Å²) in [5.41, 5.74) is 7.14. The summed E-state index contributed by atoms with van der Waals surface area (Å²) in [5.74, 6) is 0.575. The van der Waals surface area contributed by atoms with Crippen LogP contribution in [0.4, 0.5) is 0 Å². The van der Waals surface area contributed by atoms with E-state index < -0.39 is 0 Å². The van der Waals surface area contributed by atoms with Crippen molar-refractivity contribution in [3.63, 3.8) is 0 Å². The third-order valence-corrected chi connectivity index (χ3v) is 6.37. The molecule has 172 valence electrons. The molecule has 7 nitrogen and oxygen atoms in total. The van der Waals surface area contributed by atoms with E-state index in [1.54, 1.807) is 18.2 Å². The SMILES string of the molecule is Cc1ccc(-c2nnc(SCC(=O)NN=Cc3cc(Br)ccc3O)n2-c2ccc(C)cc2)cc1. The number of aromatic hydroxyl groups is 1. The maximum absolute atomic E-state index is 12.4. The van der Waals surface area contributed by atoms with Gasteiger partial charge in [0.15, 0.2) is 11.0 Å². The second-order valence-electron chi connectivity index (χ2n) is 7.63. The normalized spacial score (nSPS) is 11.1. The lowest BCUT2D eigenvalue weighted by Crippen LogP contribution is -2.20. The molecule has 3 aromatic carbocycles. The highest BCUT2D eigenvalue weighted by Gasteiger charge is 2.17. The van der Waals surface area contributed by atoms with Crippen molar-refractivity contribution in [3.8, 4) is 22.8 Å². The zero-order valence-electron chi connectivity index (χ0n) is 18.6. The van der Waals surface area contributed by atoms with Crippen LogP contribution in [-0.2, 0) is 4.79 Å². The minimum absolute atomic E-state index is 0.0745. The van der Waals surface area contributed by atoms with Gasteiger partial charge >= 0.3 is 0 Å². The van der Waals surface area contributed by atoms with Gasteiger partial charge in [-0.1, -0.05) is 75.2 Å². The van der Waals surface area contributed by atoms with Crippen molar-refractivity contribution >= 4 is 39.8 Å². The zero-order valence-corrected chi connectivity index (χ0v) is 21.0. The fourth-order valence-corrected chi connectivity index (χ4v) is 4.27. The smallest absolute Gasteiger partial charge is 0.250 e. The molecule has 0 bridgehead atoms. The molecule has 0 aliphatic heterocycles. The Bertz CT molecular complexity index is 1330. The number of benzene rings is 3. The average molecular weight is 536 g/mol.